The van der Waals surface area contributed by atoms with E-state index in [0.717, 1.165) is 34.6 Å². The highest BCUT2D eigenvalue weighted by Gasteiger charge is 2.19. The highest BCUT2D eigenvalue weighted by atomic mass is 16.5. The standard InChI is InChI=1S/C20H25N3O3/c1-12(2)6-15(21)11-25-16-4-5-17-18-8-20(23-13(3)24)22-9-14(18)10-26-19(17)7-16/h4-5,7-9,12,15H,6,10-11,21H2,1-3H3,(H,22,23,24)/t15-/m0/s1. The normalized spacial score (nSPS) is 13.4. The quantitative estimate of drug-likeness (QED) is 0.830. The number of pyridine rings is 1. The van der Waals surface area contributed by atoms with Gasteiger partial charge in [0.25, 0.3) is 0 Å². The topological polar surface area (TPSA) is 86.5 Å². The van der Waals surface area contributed by atoms with E-state index in [1.165, 1.54) is 6.92 Å². The third-order valence-corrected chi connectivity index (χ3v) is 4.16. The first-order valence-corrected chi connectivity index (χ1v) is 8.84. The Hall–Kier alpha value is -2.60. The van der Waals surface area contributed by atoms with Crippen LogP contribution in [0.25, 0.3) is 11.1 Å². The Kier molecular flexibility index (Phi) is 5.42. The number of nitrogens with zero attached hydrogens (tertiary/aromatic N) is 1. The first-order chi connectivity index (χ1) is 12.4. The van der Waals surface area contributed by atoms with Crippen LogP contribution < -0.4 is 20.5 Å². The van der Waals surface area contributed by atoms with E-state index >= 15 is 0 Å². The van der Waals surface area contributed by atoms with Crippen LogP contribution >= 0.6 is 0 Å². The summed E-state index contributed by atoms with van der Waals surface area (Å²) in [5, 5.41) is 2.72. The van der Waals surface area contributed by atoms with Crippen molar-refractivity contribution in [3.05, 3.63) is 36.0 Å². The lowest BCUT2D eigenvalue weighted by Gasteiger charge is -2.22. The highest BCUT2D eigenvalue weighted by molar-refractivity contribution is 5.89. The lowest BCUT2D eigenvalue weighted by molar-refractivity contribution is -0.114. The maximum Gasteiger partial charge on any atom is 0.222 e. The minimum Gasteiger partial charge on any atom is -0.492 e. The third-order valence-electron chi connectivity index (χ3n) is 4.16. The highest BCUT2D eigenvalue weighted by Crippen LogP contribution is 2.40. The minimum absolute atomic E-state index is 0.0129. The van der Waals surface area contributed by atoms with E-state index in [4.69, 9.17) is 15.2 Å². The molecule has 3 N–H and O–H groups in total. The van der Waals surface area contributed by atoms with Gasteiger partial charge in [-0.05, 0) is 36.1 Å². The molecule has 0 aliphatic carbocycles. The molecule has 0 saturated heterocycles. The van der Waals surface area contributed by atoms with Crippen molar-refractivity contribution in [2.75, 3.05) is 11.9 Å². The molecule has 138 valence electrons. The van der Waals surface area contributed by atoms with Crippen LogP contribution in [0.1, 0.15) is 32.8 Å². The molecule has 1 aliphatic rings. The van der Waals surface area contributed by atoms with Gasteiger partial charge < -0.3 is 20.5 Å². The Morgan fingerprint density at radius 2 is 2.15 bits per heavy atom. The average molecular weight is 355 g/mol. The van der Waals surface area contributed by atoms with Crippen LogP contribution in [0.4, 0.5) is 5.82 Å². The summed E-state index contributed by atoms with van der Waals surface area (Å²) in [6.45, 7) is 6.67. The van der Waals surface area contributed by atoms with Gasteiger partial charge in [0.15, 0.2) is 0 Å². The second-order valence-corrected chi connectivity index (χ2v) is 7.06. The summed E-state index contributed by atoms with van der Waals surface area (Å²) < 4.78 is 11.7. The van der Waals surface area contributed by atoms with E-state index in [-0.39, 0.29) is 11.9 Å². The average Bonchev–Trinajstić information content (AvgIpc) is 2.58. The Labute approximate surface area is 153 Å². The van der Waals surface area contributed by atoms with Gasteiger partial charge in [0.2, 0.25) is 5.91 Å². The van der Waals surface area contributed by atoms with Gasteiger partial charge in [-0.2, -0.15) is 0 Å². The zero-order valence-electron chi connectivity index (χ0n) is 15.4. The van der Waals surface area contributed by atoms with Crippen molar-refractivity contribution in [1.29, 1.82) is 0 Å². The van der Waals surface area contributed by atoms with Crippen LogP contribution in [-0.2, 0) is 11.4 Å². The van der Waals surface area contributed by atoms with Crippen LogP contribution in [0.2, 0.25) is 0 Å². The first kappa shape index (κ1) is 18.2. The number of ether oxygens (including phenoxy) is 2. The molecule has 0 radical (unpaired) electrons. The van der Waals surface area contributed by atoms with Crippen LogP contribution in [0.3, 0.4) is 0 Å². The maximum atomic E-state index is 11.3. The number of carbonyl (C=O) groups excluding carboxylic acids is 1. The molecular weight excluding hydrogens is 330 g/mol. The molecule has 2 heterocycles. The Morgan fingerprint density at radius 3 is 2.88 bits per heavy atom. The van der Waals surface area contributed by atoms with Gasteiger partial charge in [0, 0.05) is 36.4 Å². The number of rotatable bonds is 6. The number of benzene rings is 1. The van der Waals surface area contributed by atoms with Gasteiger partial charge in [0.1, 0.15) is 30.5 Å². The number of aromatic nitrogens is 1. The summed E-state index contributed by atoms with van der Waals surface area (Å²) >= 11 is 0. The van der Waals surface area contributed by atoms with Crippen molar-refractivity contribution in [2.45, 2.75) is 39.8 Å². The van der Waals surface area contributed by atoms with Crippen molar-refractivity contribution in [3.63, 3.8) is 0 Å². The van der Waals surface area contributed by atoms with E-state index < -0.39 is 0 Å². The van der Waals surface area contributed by atoms with Crippen LogP contribution in [-0.4, -0.2) is 23.5 Å². The van der Waals surface area contributed by atoms with Crippen molar-refractivity contribution in [3.8, 4) is 22.6 Å². The van der Waals surface area contributed by atoms with Crippen LogP contribution in [0, 0.1) is 5.92 Å². The molecule has 3 rings (SSSR count). The van der Waals surface area contributed by atoms with Gasteiger partial charge in [-0.1, -0.05) is 13.8 Å². The molecule has 0 fully saturated rings. The number of hydrogen-bond acceptors (Lipinski definition) is 5. The maximum absolute atomic E-state index is 11.3. The molecule has 0 unspecified atom stereocenters. The number of hydrogen-bond donors (Lipinski definition) is 2. The van der Waals surface area contributed by atoms with Crippen molar-refractivity contribution in [1.82, 2.24) is 4.98 Å². The zero-order valence-corrected chi connectivity index (χ0v) is 15.4. The molecule has 1 aromatic carbocycles. The molecular formula is C20H25N3O3. The third kappa shape index (κ3) is 4.32. The number of carbonyl (C=O) groups is 1. The molecule has 6 heteroatoms. The monoisotopic (exact) mass is 355 g/mol. The predicted molar refractivity (Wildman–Crippen MR) is 101 cm³/mol. The van der Waals surface area contributed by atoms with Crippen molar-refractivity contribution < 1.29 is 14.3 Å². The molecule has 2 aromatic rings. The molecule has 1 aromatic heterocycles. The largest absolute Gasteiger partial charge is 0.492 e. The lowest BCUT2D eigenvalue weighted by atomic mass is 9.98. The molecule has 1 atom stereocenters. The number of anilines is 1. The lowest BCUT2D eigenvalue weighted by Crippen LogP contribution is -2.29. The van der Waals surface area contributed by atoms with Gasteiger partial charge in [-0.3, -0.25) is 4.79 Å². The minimum atomic E-state index is -0.147. The zero-order chi connectivity index (χ0) is 18.7. The number of nitrogens with one attached hydrogen (secondary N) is 1. The molecule has 0 spiro atoms. The smallest absolute Gasteiger partial charge is 0.222 e. The molecule has 0 bridgehead atoms. The SMILES string of the molecule is CC(=O)Nc1cc2c(cn1)COc1cc(OC[C@@H](N)CC(C)C)ccc1-2. The predicted octanol–water partition coefficient (Wildman–Crippen LogP) is 3.35. The Balaban J connectivity index is 1.78. The molecule has 0 saturated carbocycles. The van der Waals surface area contributed by atoms with Gasteiger partial charge >= 0.3 is 0 Å². The van der Waals surface area contributed by atoms with Crippen LogP contribution in [0.5, 0.6) is 11.5 Å². The summed E-state index contributed by atoms with van der Waals surface area (Å²) in [4.78, 5) is 15.5. The summed E-state index contributed by atoms with van der Waals surface area (Å²) in [7, 11) is 0. The van der Waals surface area contributed by atoms with Crippen LogP contribution in [0.15, 0.2) is 30.5 Å². The summed E-state index contributed by atoms with van der Waals surface area (Å²) in [6.07, 6.45) is 2.66. The van der Waals surface area contributed by atoms with Gasteiger partial charge in [-0.15, -0.1) is 0 Å². The number of nitrogens with two attached hydrogens (primary N) is 1. The van der Waals surface area contributed by atoms with Crippen molar-refractivity contribution in [2.24, 2.45) is 11.7 Å². The van der Waals surface area contributed by atoms with E-state index in [9.17, 15) is 4.79 Å². The molecule has 1 aliphatic heterocycles. The van der Waals surface area contributed by atoms with Crippen molar-refractivity contribution >= 4 is 11.7 Å². The number of fused-ring (bicyclic) bond motifs is 3. The second-order valence-electron chi connectivity index (χ2n) is 7.06. The molecule has 1 amide bonds. The van der Waals surface area contributed by atoms with E-state index in [1.807, 2.05) is 24.3 Å². The molecule has 26 heavy (non-hydrogen) atoms. The Morgan fingerprint density at radius 1 is 1.35 bits per heavy atom. The summed E-state index contributed by atoms with van der Waals surface area (Å²) in [5.74, 6) is 2.42. The van der Waals surface area contributed by atoms with Gasteiger partial charge in [-0.25, -0.2) is 4.98 Å². The fourth-order valence-corrected chi connectivity index (χ4v) is 3.06. The van der Waals surface area contributed by atoms with E-state index in [1.54, 1.807) is 6.20 Å². The fourth-order valence-electron chi connectivity index (χ4n) is 3.06. The van der Waals surface area contributed by atoms with E-state index in [2.05, 4.69) is 24.1 Å². The second kappa shape index (κ2) is 7.74. The number of amides is 1. The van der Waals surface area contributed by atoms with Gasteiger partial charge in [0.05, 0.1) is 0 Å². The first-order valence-electron chi connectivity index (χ1n) is 8.84. The Bertz CT molecular complexity index is 805. The fraction of sp³-hybridized carbons (Fsp3) is 0.400. The summed E-state index contributed by atoms with van der Waals surface area (Å²) in [6, 6.07) is 7.65. The van der Waals surface area contributed by atoms with E-state index in [0.29, 0.717) is 24.9 Å². The molecule has 6 nitrogen and oxygen atoms in total. The summed E-state index contributed by atoms with van der Waals surface area (Å²) in [5.41, 5.74) is 9.03.